The molecule has 2 aromatic rings. The molecule has 0 atom stereocenters. The number of hydrogen-bond donors (Lipinski definition) is 0. The van der Waals surface area contributed by atoms with E-state index in [1.165, 1.54) is 11.1 Å². The Bertz CT molecular complexity index is 463. The molecule has 0 aliphatic carbocycles. The highest BCUT2D eigenvalue weighted by molar-refractivity contribution is 5.15. The van der Waals surface area contributed by atoms with Crippen LogP contribution in [-0.4, -0.2) is 9.78 Å². The predicted octanol–water partition coefficient (Wildman–Crippen LogP) is 3.52. The van der Waals surface area contributed by atoms with E-state index in [1.807, 2.05) is 16.9 Å². The molecular formula is C15H20N2. The molecule has 17 heavy (non-hydrogen) atoms. The van der Waals surface area contributed by atoms with Crippen molar-refractivity contribution in [3.05, 3.63) is 53.9 Å². The fraction of sp³-hybridized carbons (Fsp3) is 0.400. The zero-order chi connectivity index (χ0) is 12.3. The van der Waals surface area contributed by atoms with Crippen molar-refractivity contribution >= 4 is 0 Å². The predicted molar refractivity (Wildman–Crippen MR) is 70.9 cm³/mol. The second kappa shape index (κ2) is 4.74. The van der Waals surface area contributed by atoms with E-state index in [9.17, 15) is 0 Å². The van der Waals surface area contributed by atoms with Crippen molar-refractivity contribution in [2.24, 2.45) is 5.41 Å². The van der Waals surface area contributed by atoms with Gasteiger partial charge in [0.25, 0.3) is 0 Å². The first-order valence-electron chi connectivity index (χ1n) is 6.08. The minimum absolute atomic E-state index is 0.320. The Hall–Kier alpha value is -1.57. The van der Waals surface area contributed by atoms with Crippen LogP contribution in [0.5, 0.6) is 0 Å². The van der Waals surface area contributed by atoms with Crippen molar-refractivity contribution in [2.45, 2.75) is 33.7 Å². The van der Waals surface area contributed by atoms with E-state index in [4.69, 9.17) is 0 Å². The normalized spacial score (nSPS) is 11.7. The number of hydrogen-bond acceptors (Lipinski definition) is 1. The monoisotopic (exact) mass is 228 g/mol. The maximum absolute atomic E-state index is 4.41. The molecule has 0 aliphatic rings. The maximum atomic E-state index is 4.41. The topological polar surface area (TPSA) is 17.8 Å². The minimum Gasteiger partial charge on any atom is -0.268 e. The van der Waals surface area contributed by atoms with Gasteiger partial charge in [0.05, 0.1) is 12.7 Å². The number of rotatable bonds is 3. The summed E-state index contributed by atoms with van der Waals surface area (Å²) in [4.78, 5) is 0. The molecule has 1 aromatic carbocycles. The maximum Gasteiger partial charge on any atom is 0.0659 e. The lowest BCUT2D eigenvalue weighted by molar-refractivity contribution is 0.411. The SMILES string of the molecule is CC(C)(C)Cc1cnn(Cc2ccccc2)c1. The van der Waals surface area contributed by atoms with Gasteiger partial charge in [0.2, 0.25) is 0 Å². The highest BCUT2D eigenvalue weighted by Gasteiger charge is 2.12. The first kappa shape index (κ1) is 11.9. The lowest BCUT2D eigenvalue weighted by Gasteiger charge is -2.16. The minimum atomic E-state index is 0.320. The standard InChI is InChI=1S/C15H20N2/c1-15(2,3)9-14-10-16-17(12-14)11-13-7-5-4-6-8-13/h4-8,10,12H,9,11H2,1-3H3. The molecule has 90 valence electrons. The molecule has 0 saturated carbocycles. The molecule has 0 spiro atoms. The van der Waals surface area contributed by atoms with Gasteiger partial charge < -0.3 is 0 Å². The summed E-state index contributed by atoms with van der Waals surface area (Å²) in [7, 11) is 0. The largest absolute Gasteiger partial charge is 0.268 e. The Kier molecular flexibility index (Phi) is 3.32. The Labute approximate surface area is 103 Å². The Balaban J connectivity index is 2.04. The molecule has 0 unspecified atom stereocenters. The van der Waals surface area contributed by atoms with Gasteiger partial charge in [-0.3, -0.25) is 4.68 Å². The molecule has 0 N–H and O–H groups in total. The first-order valence-corrected chi connectivity index (χ1v) is 6.08. The van der Waals surface area contributed by atoms with Crippen LogP contribution in [0.3, 0.4) is 0 Å². The Morgan fingerprint density at radius 3 is 2.41 bits per heavy atom. The second-order valence-electron chi connectivity index (χ2n) is 5.77. The first-order chi connectivity index (χ1) is 8.03. The molecule has 0 aliphatic heterocycles. The summed E-state index contributed by atoms with van der Waals surface area (Å²) in [6.07, 6.45) is 5.20. The molecule has 2 rings (SSSR count). The molecule has 0 bridgehead atoms. The van der Waals surface area contributed by atoms with E-state index in [0.29, 0.717) is 5.41 Å². The smallest absolute Gasteiger partial charge is 0.0659 e. The van der Waals surface area contributed by atoms with Crippen LogP contribution in [0.25, 0.3) is 0 Å². The van der Waals surface area contributed by atoms with Gasteiger partial charge in [0.15, 0.2) is 0 Å². The highest BCUT2D eigenvalue weighted by atomic mass is 15.3. The van der Waals surface area contributed by atoms with Crippen LogP contribution in [0.15, 0.2) is 42.7 Å². The quantitative estimate of drug-likeness (QED) is 0.786. The van der Waals surface area contributed by atoms with Crippen molar-refractivity contribution in [2.75, 3.05) is 0 Å². The highest BCUT2D eigenvalue weighted by Crippen LogP contribution is 2.20. The summed E-state index contributed by atoms with van der Waals surface area (Å²) in [6.45, 7) is 7.61. The van der Waals surface area contributed by atoms with Crippen LogP contribution in [-0.2, 0) is 13.0 Å². The molecular weight excluding hydrogens is 208 g/mol. The third-order valence-electron chi connectivity index (χ3n) is 2.61. The summed E-state index contributed by atoms with van der Waals surface area (Å²) >= 11 is 0. The van der Waals surface area contributed by atoms with Gasteiger partial charge in [-0.1, -0.05) is 51.1 Å². The summed E-state index contributed by atoms with van der Waals surface area (Å²) in [5, 5.41) is 4.41. The summed E-state index contributed by atoms with van der Waals surface area (Å²) in [5.74, 6) is 0. The van der Waals surface area contributed by atoms with Gasteiger partial charge in [0, 0.05) is 6.20 Å². The summed E-state index contributed by atoms with van der Waals surface area (Å²) in [5.41, 5.74) is 2.92. The zero-order valence-electron chi connectivity index (χ0n) is 10.9. The summed E-state index contributed by atoms with van der Waals surface area (Å²) < 4.78 is 2.01. The molecule has 0 fully saturated rings. The van der Waals surface area contributed by atoms with E-state index >= 15 is 0 Å². The van der Waals surface area contributed by atoms with Crippen LogP contribution in [0.2, 0.25) is 0 Å². The molecule has 2 nitrogen and oxygen atoms in total. The van der Waals surface area contributed by atoms with Gasteiger partial charge in [-0.05, 0) is 23.0 Å². The summed E-state index contributed by atoms with van der Waals surface area (Å²) in [6, 6.07) is 10.4. The van der Waals surface area contributed by atoms with Crippen molar-refractivity contribution in [1.82, 2.24) is 9.78 Å². The van der Waals surface area contributed by atoms with Crippen LogP contribution in [0, 0.1) is 5.41 Å². The van der Waals surface area contributed by atoms with Crippen molar-refractivity contribution < 1.29 is 0 Å². The number of aromatic nitrogens is 2. The molecule has 1 aromatic heterocycles. The van der Waals surface area contributed by atoms with E-state index in [0.717, 1.165) is 13.0 Å². The van der Waals surface area contributed by atoms with E-state index in [1.54, 1.807) is 0 Å². The number of nitrogens with zero attached hydrogens (tertiary/aromatic N) is 2. The third-order valence-corrected chi connectivity index (χ3v) is 2.61. The van der Waals surface area contributed by atoms with Crippen molar-refractivity contribution in [1.29, 1.82) is 0 Å². The van der Waals surface area contributed by atoms with Crippen LogP contribution in [0.1, 0.15) is 31.9 Å². The van der Waals surface area contributed by atoms with E-state index < -0.39 is 0 Å². The zero-order valence-corrected chi connectivity index (χ0v) is 10.9. The van der Waals surface area contributed by atoms with Crippen LogP contribution in [0.4, 0.5) is 0 Å². The van der Waals surface area contributed by atoms with Crippen LogP contribution >= 0.6 is 0 Å². The third kappa shape index (κ3) is 3.74. The van der Waals surface area contributed by atoms with Gasteiger partial charge in [0.1, 0.15) is 0 Å². The number of benzene rings is 1. The molecule has 0 radical (unpaired) electrons. The van der Waals surface area contributed by atoms with E-state index in [2.05, 4.69) is 56.3 Å². The van der Waals surface area contributed by atoms with E-state index in [-0.39, 0.29) is 0 Å². The lowest BCUT2D eigenvalue weighted by atomic mass is 9.89. The van der Waals surface area contributed by atoms with Gasteiger partial charge in [-0.15, -0.1) is 0 Å². The Morgan fingerprint density at radius 1 is 1.06 bits per heavy atom. The average molecular weight is 228 g/mol. The van der Waals surface area contributed by atoms with Gasteiger partial charge in [-0.2, -0.15) is 5.10 Å². The average Bonchev–Trinajstić information content (AvgIpc) is 2.64. The fourth-order valence-corrected chi connectivity index (χ4v) is 1.97. The van der Waals surface area contributed by atoms with Gasteiger partial charge in [-0.25, -0.2) is 0 Å². The molecule has 2 heteroatoms. The molecule has 1 heterocycles. The Morgan fingerprint density at radius 2 is 1.76 bits per heavy atom. The lowest BCUT2D eigenvalue weighted by Crippen LogP contribution is -2.08. The molecule has 0 amide bonds. The fourth-order valence-electron chi connectivity index (χ4n) is 1.97. The van der Waals surface area contributed by atoms with Crippen molar-refractivity contribution in [3.8, 4) is 0 Å². The second-order valence-corrected chi connectivity index (χ2v) is 5.77. The molecule has 0 saturated heterocycles. The van der Waals surface area contributed by atoms with Crippen molar-refractivity contribution in [3.63, 3.8) is 0 Å². The van der Waals surface area contributed by atoms with Gasteiger partial charge >= 0.3 is 0 Å². The van der Waals surface area contributed by atoms with Crippen LogP contribution < -0.4 is 0 Å².